The Morgan fingerprint density at radius 3 is 2.58 bits per heavy atom. The van der Waals surface area contributed by atoms with E-state index in [1.54, 1.807) is 25.3 Å². The lowest BCUT2D eigenvalue weighted by Crippen LogP contribution is -2.27. The van der Waals surface area contributed by atoms with E-state index in [0.717, 1.165) is 29.8 Å². The van der Waals surface area contributed by atoms with E-state index in [0.29, 0.717) is 29.4 Å². The number of likely N-dealkylation sites (tertiary alicyclic amines) is 1. The monoisotopic (exact) mass is 463 g/mol. The van der Waals surface area contributed by atoms with Crippen molar-refractivity contribution in [1.29, 1.82) is 0 Å². The Morgan fingerprint density at radius 2 is 1.88 bits per heavy atom. The highest BCUT2D eigenvalue weighted by Crippen LogP contribution is 2.29. The number of carbonyl (C=O) groups is 2. The number of carbonyl (C=O) groups excluding carboxylic acids is 2. The van der Waals surface area contributed by atoms with Crippen LogP contribution < -0.4 is 15.4 Å². The molecule has 2 amide bonds. The summed E-state index contributed by atoms with van der Waals surface area (Å²) in [5.74, 6) is 0.510. The summed E-state index contributed by atoms with van der Waals surface area (Å²) in [7, 11) is 1.54. The van der Waals surface area contributed by atoms with Crippen LogP contribution in [0.5, 0.6) is 5.75 Å². The SMILES string of the molecule is COc1ccc(NC(=O)C(Nc2cccc(CN3CCCC3=O)c2)c2ccccc2)cc1Cl. The minimum atomic E-state index is -0.629. The molecular formula is C26H26ClN3O3. The Hall–Kier alpha value is -3.51. The lowest BCUT2D eigenvalue weighted by Gasteiger charge is -2.21. The van der Waals surface area contributed by atoms with Crippen LogP contribution in [0.2, 0.25) is 5.02 Å². The zero-order valence-electron chi connectivity index (χ0n) is 18.4. The predicted octanol–water partition coefficient (Wildman–Crippen LogP) is 5.26. The number of amides is 2. The fourth-order valence-electron chi connectivity index (χ4n) is 3.92. The van der Waals surface area contributed by atoms with E-state index in [1.807, 2.05) is 59.5 Å². The first-order valence-corrected chi connectivity index (χ1v) is 11.2. The summed E-state index contributed by atoms with van der Waals surface area (Å²) in [6.07, 6.45) is 1.52. The zero-order valence-corrected chi connectivity index (χ0v) is 19.1. The van der Waals surface area contributed by atoms with E-state index in [1.165, 1.54) is 0 Å². The van der Waals surface area contributed by atoms with Gasteiger partial charge in [-0.3, -0.25) is 9.59 Å². The highest BCUT2D eigenvalue weighted by molar-refractivity contribution is 6.32. The van der Waals surface area contributed by atoms with Gasteiger partial charge in [0.25, 0.3) is 5.91 Å². The van der Waals surface area contributed by atoms with Crippen LogP contribution in [0, 0.1) is 0 Å². The molecule has 1 atom stereocenters. The van der Waals surface area contributed by atoms with Gasteiger partial charge in [0.05, 0.1) is 12.1 Å². The van der Waals surface area contributed by atoms with Crippen LogP contribution >= 0.6 is 11.6 Å². The van der Waals surface area contributed by atoms with Gasteiger partial charge in [-0.15, -0.1) is 0 Å². The van der Waals surface area contributed by atoms with Gasteiger partial charge in [0.2, 0.25) is 5.91 Å². The molecule has 0 bridgehead atoms. The lowest BCUT2D eigenvalue weighted by atomic mass is 10.0. The number of benzene rings is 3. The summed E-state index contributed by atoms with van der Waals surface area (Å²) in [5, 5.41) is 6.71. The van der Waals surface area contributed by atoms with Gasteiger partial charge in [-0.1, -0.05) is 54.1 Å². The molecule has 1 heterocycles. The van der Waals surface area contributed by atoms with Gasteiger partial charge >= 0.3 is 0 Å². The quantitative estimate of drug-likeness (QED) is 0.478. The Balaban J connectivity index is 1.54. The average molecular weight is 464 g/mol. The first-order valence-electron chi connectivity index (χ1n) is 10.9. The second-order valence-corrected chi connectivity index (χ2v) is 8.35. The molecule has 2 N–H and O–H groups in total. The van der Waals surface area contributed by atoms with Crippen molar-refractivity contribution < 1.29 is 14.3 Å². The first kappa shape index (κ1) is 22.7. The van der Waals surface area contributed by atoms with Crippen LogP contribution in [-0.2, 0) is 16.1 Å². The van der Waals surface area contributed by atoms with Crippen LogP contribution in [-0.4, -0.2) is 30.4 Å². The molecule has 3 aromatic carbocycles. The molecule has 0 saturated carbocycles. The topological polar surface area (TPSA) is 70.7 Å². The van der Waals surface area contributed by atoms with E-state index in [-0.39, 0.29) is 11.8 Å². The van der Waals surface area contributed by atoms with Crippen LogP contribution in [0.4, 0.5) is 11.4 Å². The average Bonchev–Trinajstić information content (AvgIpc) is 3.22. The summed E-state index contributed by atoms with van der Waals surface area (Å²) >= 11 is 6.22. The maximum Gasteiger partial charge on any atom is 0.251 e. The number of rotatable bonds is 8. The third-order valence-electron chi connectivity index (χ3n) is 5.60. The molecule has 1 aliphatic heterocycles. The second kappa shape index (κ2) is 10.4. The van der Waals surface area contributed by atoms with E-state index < -0.39 is 6.04 Å². The van der Waals surface area contributed by atoms with Gasteiger partial charge in [0, 0.05) is 30.9 Å². The molecule has 3 aromatic rings. The van der Waals surface area contributed by atoms with Crippen molar-refractivity contribution >= 4 is 34.8 Å². The van der Waals surface area contributed by atoms with Crippen molar-refractivity contribution in [2.45, 2.75) is 25.4 Å². The molecule has 7 heteroatoms. The Bertz CT molecular complexity index is 1140. The molecule has 1 aliphatic rings. The van der Waals surface area contributed by atoms with Gasteiger partial charge in [-0.25, -0.2) is 0 Å². The Kier molecular flexibility index (Phi) is 7.15. The maximum atomic E-state index is 13.3. The van der Waals surface area contributed by atoms with E-state index >= 15 is 0 Å². The fourth-order valence-corrected chi connectivity index (χ4v) is 4.18. The normalized spacial score (nSPS) is 14.1. The number of ether oxygens (including phenoxy) is 1. The molecule has 0 spiro atoms. The molecule has 1 fully saturated rings. The number of methoxy groups -OCH3 is 1. The van der Waals surface area contributed by atoms with Crippen molar-refractivity contribution in [1.82, 2.24) is 4.90 Å². The molecule has 33 heavy (non-hydrogen) atoms. The van der Waals surface area contributed by atoms with Crippen molar-refractivity contribution in [3.63, 3.8) is 0 Å². The van der Waals surface area contributed by atoms with Gasteiger partial charge in [0.15, 0.2) is 0 Å². The summed E-state index contributed by atoms with van der Waals surface area (Å²) in [6.45, 7) is 1.36. The maximum absolute atomic E-state index is 13.3. The van der Waals surface area contributed by atoms with Crippen LogP contribution in [0.15, 0.2) is 72.8 Å². The smallest absolute Gasteiger partial charge is 0.251 e. The lowest BCUT2D eigenvalue weighted by molar-refractivity contribution is -0.128. The predicted molar refractivity (Wildman–Crippen MR) is 131 cm³/mol. The summed E-state index contributed by atoms with van der Waals surface area (Å²) in [4.78, 5) is 27.2. The van der Waals surface area contributed by atoms with Gasteiger partial charge in [-0.2, -0.15) is 0 Å². The number of hydrogen-bond donors (Lipinski definition) is 2. The summed E-state index contributed by atoms with van der Waals surface area (Å²) < 4.78 is 5.18. The molecule has 0 aliphatic carbocycles. The minimum absolute atomic E-state index is 0.188. The Labute approximate surface area is 198 Å². The number of anilines is 2. The number of hydrogen-bond acceptors (Lipinski definition) is 4. The fraction of sp³-hybridized carbons (Fsp3) is 0.231. The van der Waals surface area contributed by atoms with Crippen molar-refractivity contribution in [2.24, 2.45) is 0 Å². The van der Waals surface area contributed by atoms with Gasteiger partial charge < -0.3 is 20.3 Å². The second-order valence-electron chi connectivity index (χ2n) is 7.95. The molecular weight excluding hydrogens is 438 g/mol. The third kappa shape index (κ3) is 5.65. The summed E-state index contributed by atoms with van der Waals surface area (Å²) in [6, 6.07) is 21.9. The minimum Gasteiger partial charge on any atom is -0.495 e. The van der Waals surface area contributed by atoms with Gasteiger partial charge in [0.1, 0.15) is 11.8 Å². The molecule has 170 valence electrons. The summed E-state index contributed by atoms with van der Waals surface area (Å²) in [5.41, 5.74) is 3.23. The van der Waals surface area contributed by atoms with Crippen molar-refractivity contribution in [3.8, 4) is 5.75 Å². The molecule has 1 saturated heterocycles. The Morgan fingerprint density at radius 1 is 1.06 bits per heavy atom. The number of halogens is 1. The van der Waals surface area contributed by atoms with Crippen molar-refractivity contribution in [3.05, 3.63) is 88.9 Å². The first-order chi connectivity index (χ1) is 16.0. The van der Waals surface area contributed by atoms with E-state index in [4.69, 9.17) is 16.3 Å². The molecule has 0 radical (unpaired) electrons. The molecule has 6 nitrogen and oxygen atoms in total. The largest absolute Gasteiger partial charge is 0.495 e. The van der Waals surface area contributed by atoms with Gasteiger partial charge in [-0.05, 0) is 47.9 Å². The number of nitrogens with zero attached hydrogens (tertiary/aromatic N) is 1. The van der Waals surface area contributed by atoms with Crippen LogP contribution in [0.1, 0.15) is 30.0 Å². The molecule has 0 aromatic heterocycles. The van der Waals surface area contributed by atoms with E-state index in [2.05, 4.69) is 10.6 Å². The standard InChI is InChI=1S/C26H26ClN3O3/c1-33-23-13-12-21(16-22(23)27)29-26(32)25(19-8-3-2-4-9-19)28-20-10-5-7-18(15-20)17-30-14-6-11-24(30)31/h2-5,7-10,12-13,15-16,25,28H,6,11,14,17H2,1H3,(H,29,32). The molecule has 1 unspecified atom stereocenters. The van der Waals surface area contributed by atoms with E-state index in [9.17, 15) is 9.59 Å². The molecule has 4 rings (SSSR count). The van der Waals surface area contributed by atoms with Crippen molar-refractivity contribution in [2.75, 3.05) is 24.3 Å². The van der Waals surface area contributed by atoms with Crippen LogP contribution in [0.25, 0.3) is 0 Å². The third-order valence-corrected chi connectivity index (χ3v) is 5.89. The highest BCUT2D eigenvalue weighted by Gasteiger charge is 2.22. The number of nitrogens with one attached hydrogen (secondary N) is 2. The zero-order chi connectivity index (χ0) is 23.2. The highest BCUT2D eigenvalue weighted by atomic mass is 35.5. The van der Waals surface area contributed by atoms with Crippen LogP contribution in [0.3, 0.4) is 0 Å².